The molecule has 1 nitrogen and oxygen atoms in total. The van der Waals surface area contributed by atoms with Gasteiger partial charge in [0, 0.05) is 0 Å². The van der Waals surface area contributed by atoms with Gasteiger partial charge in [0.1, 0.15) is 0 Å². The molecule has 0 unspecified atom stereocenters. The summed E-state index contributed by atoms with van der Waals surface area (Å²) in [6, 6.07) is 0. The predicted octanol–water partition coefficient (Wildman–Crippen LogP) is 4.26. The van der Waals surface area contributed by atoms with Crippen LogP contribution in [0, 0.1) is 5.41 Å². The van der Waals surface area contributed by atoms with E-state index in [9.17, 15) is 0 Å². The summed E-state index contributed by atoms with van der Waals surface area (Å²) in [7, 11) is 0. The third kappa shape index (κ3) is 5.55. The highest BCUT2D eigenvalue weighted by Gasteiger charge is 2.21. The summed E-state index contributed by atoms with van der Waals surface area (Å²) in [4.78, 5) is 0. The lowest BCUT2D eigenvalue weighted by Gasteiger charge is -2.28. The fraction of sp³-hybridized carbons (Fsp3) is 1.00. The number of nitrogens with two attached hydrogens (primary N) is 1. The summed E-state index contributed by atoms with van der Waals surface area (Å²) in [5.41, 5.74) is 6.36. The lowest BCUT2D eigenvalue weighted by molar-refractivity contribution is 0.258. The van der Waals surface area contributed by atoms with Gasteiger partial charge in [-0.1, -0.05) is 64.7 Å². The van der Waals surface area contributed by atoms with E-state index in [0.29, 0.717) is 5.41 Å². The van der Waals surface area contributed by atoms with E-state index in [1.54, 1.807) is 0 Å². The maximum atomic E-state index is 5.92. The van der Waals surface area contributed by atoms with Crippen LogP contribution in [0.5, 0.6) is 0 Å². The van der Waals surface area contributed by atoms with E-state index in [2.05, 4.69) is 6.92 Å². The first kappa shape index (κ1) is 13.0. The van der Waals surface area contributed by atoms with Gasteiger partial charge >= 0.3 is 0 Å². The van der Waals surface area contributed by atoms with Crippen LogP contribution in [0.1, 0.15) is 77.6 Å². The third-order valence-electron chi connectivity index (χ3n) is 4.05. The first-order valence-electron chi connectivity index (χ1n) is 6.97. The number of rotatable bonds is 1. The van der Waals surface area contributed by atoms with Crippen molar-refractivity contribution in [3.8, 4) is 0 Å². The molecule has 2 N–H and O–H groups in total. The van der Waals surface area contributed by atoms with Crippen molar-refractivity contribution in [2.45, 2.75) is 77.6 Å². The maximum absolute atomic E-state index is 5.92. The van der Waals surface area contributed by atoms with Crippen molar-refractivity contribution in [2.75, 3.05) is 6.54 Å². The summed E-state index contributed by atoms with van der Waals surface area (Å²) < 4.78 is 0. The van der Waals surface area contributed by atoms with Crippen LogP contribution >= 0.6 is 0 Å². The Balaban J connectivity index is 2.32. The number of hydrogen-bond donors (Lipinski definition) is 1. The highest BCUT2D eigenvalue weighted by molar-refractivity contribution is 4.75. The van der Waals surface area contributed by atoms with Crippen molar-refractivity contribution in [1.82, 2.24) is 0 Å². The van der Waals surface area contributed by atoms with E-state index < -0.39 is 0 Å². The molecule has 1 aliphatic rings. The Morgan fingerprint density at radius 3 is 1.40 bits per heavy atom. The molecular weight excluding hydrogens is 182 g/mol. The molecule has 0 aromatic heterocycles. The molecular formula is C14H29N. The highest BCUT2D eigenvalue weighted by atomic mass is 14.6. The van der Waals surface area contributed by atoms with E-state index in [-0.39, 0.29) is 0 Å². The largest absolute Gasteiger partial charge is 0.330 e. The topological polar surface area (TPSA) is 26.0 Å². The molecule has 0 heterocycles. The Hall–Kier alpha value is -0.0400. The average Bonchev–Trinajstić information content (AvgIpc) is 2.23. The maximum Gasteiger partial charge on any atom is -0.00232 e. The zero-order chi connectivity index (χ0) is 11.0. The highest BCUT2D eigenvalue weighted by Crippen LogP contribution is 2.30. The van der Waals surface area contributed by atoms with Crippen LogP contribution in [-0.2, 0) is 0 Å². The Bertz CT molecular complexity index is 141. The van der Waals surface area contributed by atoms with Crippen molar-refractivity contribution < 1.29 is 0 Å². The second-order valence-electron chi connectivity index (χ2n) is 5.70. The van der Waals surface area contributed by atoms with E-state index >= 15 is 0 Å². The van der Waals surface area contributed by atoms with Crippen LogP contribution in [-0.4, -0.2) is 6.54 Å². The summed E-state index contributed by atoms with van der Waals surface area (Å²) >= 11 is 0. The average molecular weight is 211 g/mol. The van der Waals surface area contributed by atoms with Gasteiger partial charge < -0.3 is 5.73 Å². The lowest BCUT2D eigenvalue weighted by atomic mass is 9.79. The van der Waals surface area contributed by atoms with E-state index in [1.807, 2.05) is 0 Å². The van der Waals surface area contributed by atoms with Crippen LogP contribution in [0.2, 0.25) is 0 Å². The molecule has 90 valence electrons. The van der Waals surface area contributed by atoms with Gasteiger partial charge in [0.15, 0.2) is 0 Å². The molecule has 1 saturated carbocycles. The van der Waals surface area contributed by atoms with Crippen LogP contribution in [0.25, 0.3) is 0 Å². The van der Waals surface area contributed by atoms with Gasteiger partial charge in [-0.25, -0.2) is 0 Å². The Kier molecular flexibility index (Phi) is 6.31. The van der Waals surface area contributed by atoms with E-state index in [1.165, 1.54) is 70.6 Å². The van der Waals surface area contributed by atoms with E-state index in [4.69, 9.17) is 5.73 Å². The van der Waals surface area contributed by atoms with Crippen LogP contribution in [0.3, 0.4) is 0 Å². The summed E-state index contributed by atoms with van der Waals surface area (Å²) in [6.07, 6.45) is 15.6. The van der Waals surface area contributed by atoms with Crippen molar-refractivity contribution in [2.24, 2.45) is 11.1 Å². The third-order valence-corrected chi connectivity index (χ3v) is 4.05. The van der Waals surface area contributed by atoms with Gasteiger partial charge in [0.2, 0.25) is 0 Å². The van der Waals surface area contributed by atoms with E-state index in [0.717, 1.165) is 6.54 Å². The normalized spacial score (nSPS) is 25.2. The van der Waals surface area contributed by atoms with Gasteiger partial charge in [-0.2, -0.15) is 0 Å². The second kappa shape index (κ2) is 7.27. The van der Waals surface area contributed by atoms with Crippen molar-refractivity contribution in [3.05, 3.63) is 0 Å². The summed E-state index contributed by atoms with van der Waals surface area (Å²) in [6.45, 7) is 3.27. The zero-order valence-electron chi connectivity index (χ0n) is 10.6. The van der Waals surface area contributed by atoms with Gasteiger partial charge in [0.05, 0.1) is 0 Å². The standard InChI is InChI=1S/C14H29N/c1-14(13-15)11-9-7-5-3-2-4-6-8-10-12-14/h2-13,15H2,1H3. The van der Waals surface area contributed by atoms with Gasteiger partial charge in [-0.15, -0.1) is 0 Å². The minimum Gasteiger partial charge on any atom is -0.330 e. The van der Waals surface area contributed by atoms with Crippen molar-refractivity contribution in [3.63, 3.8) is 0 Å². The first-order valence-corrected chi connectivity index (χ1v) is 6.97. The zero-order valence-corrected chi connectivity index (χ0v) is 10.6. The SMILES string of the molecule is CC1(CN)CCCCCCCCCCC1. The van der Waals surface area contributed by atoms with Crippen molar-refractivity contribution >= 4 is 0 Å². The molecule has 0 aliphatic heterocycles. The molecule has 0 atom stereocenters. The molecule has 0 radical (unpaired) electrons. The molecule has 1 heteroatoms. The molecule has 0 bridgehead atoms. The molecule has 1 fully saturated rings. The quantitative estimate of drug-likeness (QED) is 0.689. The van der Waals surface area contributed by atoms with Crippen LogP contribution in [0.4, 0.5) is 0 Å². The Labute approximate surface area is 95.8 Å². The minimum absolute atomic E-state index is 0.444. The fourth-order valence-corrected chi connectivity index (χ4v) is 2.67. The first-order chi connectivity index (χ1) is 7.27. The molecule has 0 amide bonds. The molecule has 15 heavy (non-hydrogen) atoms. The van der Waals surface area contributed by atoms with Crippen LogP contribution < -0.4 is 5.73 Å². The van der Waals surface area contributed by atoms with Gasteiger partial charge in [-0.05, 0) is 24.8 Å². The molecule has 1 rings (SSSR count). The molecule has 0 aromatic carbocycles. The monoisotopic (exact) mass is 211 g/mol. The predicted molar refractivity (Wildman–Crippen MR) is 67.9 cm³/mol. The molecule has 1 aliphatic carbocycles. The van der Waals surface area contributed by atoms with Gasteiger partial charge in [0.25, 0.3) is 0 Å². The summed E-state index contributed by atoms with van der Waals surface area (Å²) in [5.74, 6) is 0. The Morgan fingerprint density at radius 1 is 0.733 bits per heavy atom. The molecule has 0 saturated heterocycles. The smallest absolute Gasteiger partial charge is 0.00232 e. The molecule has 0 spiro atoms. The summed E-state index contributed by atoms with van der Waals surface area (Å²) in [5, 5.41) is 0. The second-order valence-corrected chi connectivity index (χ2v) is 5.70. The fourth-order valence-electron chi connectivity index (χ4n) is 2.67. The Morgan fingerprint density at radius 2 is 1.07 bits per heavy atom. The van der Waals surface area contributed by atoms with Crippen LogP contribution in [0.15, 0.2) is 0 Å². The molecule has 0 aromatic rings. The van der Waals surface area contributed by atoms with Crippen molar-refractivity contribution in [1.29, 1.82) is 0 Å². The number of hydrogen-bond acceptors (Lipinski definition) is 1. The van der Waals surface area contributed by atoms with Gasteiger partial charge in [-0.3, -0.25) is 0 Å². The minimum atomic E-state index is 0.444. The lowest BCUT2D eigenvalue weighted by Crippen LogP contribution is -2.27.